The molecule has 3 nitrogen and oxygen atoms in total. The monoisotopic (exact) mass is 333 g/mol. The summed E-state index contributed by atoms with van der Waals surface area (Å²) >= 11 is 5.10. The molecule has 0 aromatic carbocycles. The van der Waals surface area contributed by atoms with Gasteiger partial charge in [-0.25, -0.2) is 9.97 Å². The number of hydrogen-bond donors (Lipinski definition) is 0. The van der Waals surface area contributed by atoms with Gasteiger partial charge in [0.15, 0.2) is 0 Å². The van der Waals surface area contributed by atoms with E-state index in [1.165, 1.54) is 0 Å². The van der Waals surface area contributed by atoms with Crippen LogP contribution in [0.15, 0.2) is 22.0 Å². The lowest BCUT2D eigenvalue weighted by molar-refractivity contribution is 0.307. The summed E-state index contributed by atoms with van der Waals surface area (Å²) in [5.41, 5.74) is 1.39. The van der Waals surface area contributed by atoms with Crippen LogP contribution in [0, 0.1) is 18.3 Å². The molecule has 5 heteroatoms. The number of thiophene rings is 1. The zero-order valence-corrected chi connectivity index (χ0v) is 12.9. The Morgan fingerprint density at radius 3 is 2.68 bits per heavy atom. The summed E-state index contributed by atoms with van der Waals surface area (Å²) in [7, 11) is 0. The fraction of sp³-hybridized carbons (Fsp3) is 0.357. The van der Waals surface area contributed by atoms with E-state index in [1.54, 1.807) is 11.3 Å². The maximum absolute atomic E-state index is 9.41. The summed E-state index contributed by atoms with van der Waals surface area (Å²) in [4.78, 5) is 10.2. The summed E-state index contributed by atoms with van der Waals surface area (Å²) in [5.74, 6) is 0.695. The van der Waals surface area contributed by atoms with Crippen LogP contribution >= 0.6 is 27.3 Å². The minimum absolute atomic E-state index is 0.449. The lowest BCUT2D eigenvalue weighted by Crippen LogP contribution is -2.34. The third-order valence-electron chi connectivity index (χ3n) is 3.52. The van der Waals surface area contributed by atoms with Gasteiger partial charge in [0, 0.05) is 15.5 Å². The van der Waals surface area contributed by atoms with E-state index in [9.17, 15) is 5.26 Å². The Labute approximate surface area is 124 Å². The zero-order chi connectivity index (χ0) is 13.5. The molecule has 2 aromatic rings. The third kappa shape index (κ3) is 2.19. The standard InChI is InChI=1S/C14H12BrN3S/c1-9-5-11(12-6-10(15)7-19-12)18-13(17-9)14(8-16)3-2-4-14/h5-7H,2-4H2,1H3. The maximum Gasteiger partial charge on any atom is 0.149 e. The maximum atomic E-state index is 9.41. The fourth-order valence-electron chi connectivity index (χ4n) is 2.27. The normalized spacial score (nSPS) is 16.7. The van der Waals surface area contributed by atoms with Crippen molar-refractivity contribution in [3.05, 3.63) is 33.5 Å². The van der Waals surface area contributed by atoms with Gasteiger partial charge in [-0.15, -0.1) is 11.3 Å². The largest absolute Gasteiger partial charge is 0.236 e. The van der Waals surface area contributed by atoms with E-state index < -0.39 is 5.41 Å². The van der Waals surface area contributed by atoms with Crippen molar-refractivity contribution >= 4 is 27.3 Å². The average molecular weight is 334 g/mol. The average Bonchev–Trinajstić information content (AvgIpc) is 2.75. The highest BCUT2D eigenvalue weighted by Crippen LogP contribution is 2.42. The minimum Gasteiger partial charge on any atom is -0.236 e. The Bertz CT molecular complexity index is 668. The third-order valence-corrected chi connectivity index (χ3v) is 5.24. The number of aryl methyl sites for hydroxylation is 1. The summed E-state index contributed by atoms with van der Waals surface area (Å²) in [6.45, 7) is 1.96. The SMILES string of the molecule is Cc1cc(-c2cc(Br)cs2)nc(C2(C#N)CCC2)n1. The van der Waals surface area contributed by atoms with Crippen LogP contribution in [0.3, 0.4) is 0 Å². The second-order valence-electron chi connectivity index (χ2n) is 4.89. The van der Waals surface area contributed by atoms with Gasteiger partial charge in [0.2, 0.25) is 0 Å². The van der Waals surface area contributed by atoms with Crippen LogP contribution in [0.5, 0.6) is 0 Å². The van der Waals surface area contributed by atoms with Crippen LogP contribution in [0.25, 0.3) is 10.6 Å². The molecular weight excluding hydrogens is 322 g/mol. The highest BCUT2D eigenvalue weighted by Gasteiger charge is 2.42. The van der Waals surface area contributed by atoms with Gasteiger partial charge in [0.25, 0.3) is 0 Å². The molecule has 0 radical (unpaired) electrons. The number of hydrogen-bond acceptors (Lipinski definition) is 4. The Morgan fingerprint density at radius 2 is 2.16 bits per heavy atom. The van der Waals surface area contributed by atoms with Crippen molar-refractivity contribution in [2.24, 2.45) is 0 Å². The topological polar surface area (TPSA) is 49.6 Å². The molecule has 0 saturated heterocycles. The number of nitriles is 1. The molecule has 1 aliphatic carbocycles. The molecule has 0 N–H and O–H groups in total. The first-order valence-corrected chi connectivity index (χ1v) is 7.82. The first-order valence-electron chi connectivity index (χ1n) is 6.15. The fourth-order valence-corrected chi connectivity index (χ4v) is 3.66. The van der Waals surface area contributed by atoms with Crippen LogP contribution in [0.4, 0.5) is 0 Å². The van der Waals surface area contributed by atoms with Crippen LogP contribution in [-0.2, 0) is 5.41 Å². The van der Waals surface area contributed by atoms with Gasteiger partial charge in [-0.3, -0.25) is 0 Å². The predicted octanol–water partition coefficient (Wildman–Crippen LogP) is 4.22. The van der Waals surface area contributed by atoms with Crippen molar-refractivity contribution in [2.45, 2.75) is 31.6 Å². The van der Waals surface area contributed by atoms with Gasteiger partial charge < -0.3 is 0 Å². The highest BCUT2D eigenvalue weighted by molar-refractivity contribution is 9.10. The van der Waals surface area contributed by atoms with E-state index in [2.05, 4.69) is 38.0 Å². The molecule has 0 aliphatic heterocycles. The summed E-state index contributed by atoms with van der Waals surface area (Å²) < 4.78 is 1.06. The first-order chi connectivity index (χ1) is 9.13. The molecule has 0 atom stereocenters. The molecule has 0 unspecified atom stereocenters. The molecule has 3 rings (SSSR count). The van der Waals surface area contributed by atoms with E-state index in [4.69, 9.17) is 0 Å². The smallest absolute Gasteiger partial charge is 0.149 e. The van der Waals surface area contributed by atoms with Gasteiger partial charge in [-0.05, 0) is 54.2 Å². The van der Waals surface area contributed by atoms with Crippen molar-refractivity contribution in [3.63, 3.8) is 0 Å². The minimum atomic E-state index is -0.449. The van der Waals surface area contributed by atoms with Crippen molar-refractivity contribution in [3.8, 4) is 16.6 Å². The van der Waals surface area contributed by atoms with Crippen molar-refractivity contribution < 1.29 is 0 Å². The molecule has 96 valence electrons. The number of nitrogens with zero attached hydrogens (tertiary/aromatic N) is 3. The molecule has 2 heterocycles. The zero-order valence-electron chi connectivity index (χ0n) is 10.5. The van der Waals surface area contributed by atoms with E-state index >= 15 is 0 Å². The predicted molar refractivity (Wildman–Crippen MR) is 78.9 cm³/mol. The van der Waals surface area contributed by atoms with Crippen molar-refractivity contribution in [2.75, 3.05) is 0 Å². The van der Waals surface area contributed by atoms with Gasteiger partial charge >= 0.3 is 0 Å². The molecule has 0 spiro atoms. The highest BCUT2D eigenvalue weighted by atomic mass is 79.9. The van der Waals surface area contributed by atoms with Gasteiger partial charge in [-0.1, -0.05) is 0 Å². The molecule has 0 bridgehead atoms. The Balaban J connectivity index is 2.09. The van der Waals surface area contributed by atoms with Gasteiger partial charge in [0.05, 0.1) is 16.6 Å². The number of rotatable bonds is 2. The summed E-state index contributed by atoms with van der Waals surface area (Å²) in [6, 6.07) is 6.44. The lowest BCUT2D eigenvalue weighted by atomic mass is 9.69. The van der Waals surface area contributed by atoms with Crippen LogP contribution in [0.1, 0.15) is 30.8 Å². The van der Waals surface area contributed by atoms with Gasteiger partial charge in [0.1, 0.15) is 11.2 Å². The quantitative estimate of drug-likeness (QED) is 0.826. The Kier molecular flexibility index (Phi) is 3.15. The van der Waals surface area contributed by atoms with E-state index in [0.717, 1.165) is 40.0 Å². The molecule has 1 aliphatic rings. The lowest BCUT2D eigenvalue weighted by Gasteiger charge is -2.33. The molecule has 0 amide bonds. The first kappa shape index (κ1) is 12.8. The van der Waals surface area contributed by atoms with Crippen LogP contribution in [0.2, 0.25) is 0 Å². The second-order valence-corrected chi connectivity index (χ2v) is 6.72. The molecule has 1 saturated carbocycles. The number of halogens is 1. The molecule has 1 fully saturated rings. The molecule has 2 aromatic heterocycles. The van der Waals surface area contributed by atoms with E-state index in [-0.39, 0.29) is 0 Å². The van der Waals surface area contributed by atoms with Crippen LogP contribution in [-0.4, -0.2) is 9.97 Å². The molecule has 19 heavy (non-hydrogen) atoms. The summed E-state index contributed by atoms with van der Waals surface area (Å²) in [5, 5.41) is 11.4. The van der Waals surface area contributed by atoms with Crippen LogP contribution < -0.4 is 0 Å². The molecular formula is C14H12BrN3S. The Hall–Kier alpha value is -1.25. The van der Waals surface area contributed by atoms with Crippen molar-refractivity contribution in [1.29, 1.82) is 5.26 Å². The van der Waals surface area contributed by atoms with E-state index in [1.807, 2.05) is 18.4 Å². The summed E-state index contributed by atoms with van der Waals surface area (Å²) in [6.07, 6.45) is 2.84. The van der Waals surface area contributed by atoms with E-state index in [0.29, 0.717) is 5.82 Å². The van der Waals surface area contributed by atoms with Gasteiger partial charge in [-0.2, -0.15) is 5.26 Å². The number of aromatic nitrogens is 2. The second kappa shape index (κ2) is 4.69. The Morgan fingerprint density at radius 1 is 1.37 bits per heavy atom. The van der Waals surface area contributed by atoms with Crippen molar-refractivity contribution in [1.82, 2.24) is 9.97 Å².